The van der Waals surface area contributed by atoms with Gasteiger partial charge < -0.3 is 11.1 Å². The molecule has 2 aromatic rings. The van der Waals surface area contributed by atoms with E-state index in [2.05, 4.69) is 15.3 Å². The summed E-state index contributed by atoms with van der Waals surface area (Å²) in [5.41, 5.74) is 6.60. The van der Waals surface area contributed by atoms with Crippen LogP contribution in [0.25, 0.3) is 0 Å². The number of nitrogens with zero attached hydrogens (tertiary/aromatic N) is 2. The third-order valence-corrected chi connectivity index (χ3v) is 2.72. The molecule has 0 saturated carbocycles. The molecule has 0 aliphatic heterocycles. The van der Waals surface area contributed by atoms with Crippen molar-refractivity contribution in [2.24, 2.45) is 0 Å². The molecule has 104 valence electrons. The number of rotatable bonds is 4. The summed E-state index contributed by atoms with van der Waals surface area (Å²) in [7, 11) is 0. The molecule has 5 nitrogen and oxygen atoms in total. The Bertz CT molecular complexity index is 600. The van der Waals surface area contributed by atoms with Gasteiger partial charge in [0, 0.05) is 6.04 Å². The number of benzene rings is 1. The summed E-state index contributed by atoms with van der Waals surface area (Å²) < 4.78 is 12.8. The number of carbonyl (C=O) groups excluding carboxylic acids is 1. The van der Waals surface area contributed by atoms with Gasteiger partial charge in [-0.05, 0) is 31.0 Å². The second-order valence-corrected chi connectivity index (χ2v) is 4.53. The van der Waals surface area contributed by atoms with E-state index in [1.807, 2.05) is 6.92 Å². The number of aromatic nitrogens is 2. The molecule has 3 N–H and O–H groups in total. The molecule has 1 atom stereocenters. The highest BCUT2D eigenvalue weighted by molar-refractivity contribution is 5.92. The molecule has 1 heterocycles. The Morgan fingerprint density at radius 3 is 2.70 bits per heavy atom. The smallest absolute Gasteiger partial charge is 0.271 e. The van der Waals surface area contributed by atoms with Crippen molar-refractivity contribution < 1.29 is 9.18 Å². The van der Waals surface area contributed by atoms with E-state index in [0.29, 0.717) is 6.42 Å². The Hall–Kier alpha value is -2.50. The quantitative estimate of drug-likeness (QED) is 0.886. The van der Waals surface area contributed by atoms with Crippen LogP contribution in [0.3, 0.4) is 0 Å². The number of nitrogen functional groups attached to an aromatic ring is 1. The first kappa shape index (κ1) is 13.9. The number of hydrogen-bond donors (Lipinski definition) is 2. The maximum Gasteiger partial charge on any atom is 0.271 e. The number of carbonyl (C=O) groups is 1. The Labute approximate surface area is 116 Å². The number of hydrogen-bond acceptors (Lipinski definition) is 4. The van der Waals surface area contributed by atoms with Crippen molar-refractivity contribution in [2.75, 3.05) is 5.73 Å². The van der Waals surface area contributed by atoms with Crippen molar-refractivity contribution in [1.82, 2.24) is 15.3 Å². The third-order valence-electron chi connectivity index (χ3n) is 2.72. The monoisotopic (exact) mass is 274 g/mol. The molecule has 1 aromatic carbocycles. The van der Waals surface area contributed by atoms with Crippen LogP contribution in [-0.4, -0.2) is 21.9 Å². The van der Waals surface area contributed by atoms with Crippen LogP contribution in [-0.2, 0) is 6.42 Å². The lowest BCUT2D eigenvalue weighted by molar-refractivity contribution is 0.0935. The molecule has 2 rings (SSSR count). The molecule has 0 aliphatic rings. The van der Waals surface area contributed by atoms with Crippen molar-refractivity contribution in [2.45, 2.75) is 19.4 Å². The van der Waals surface area contributed by atoms with Crippen LogP contribution < -0.4 is 11.1 Å². The summed E-state index contributed by atoms with van der Waals surface area (Å²) in [5, 5.41) is 2.80. The molecule has 0 bridgehead atoms. The number of nitrogens with two attached hydrogens (primary N) is 1. The van der Waals surface area contributed by atoms with Gasteiger partial charge in [-0.3, -0.25) is 9.78 Å². The second kappa shape index (κ2) is 6.10. The van der Waals surface area contributed by atoms with Crippen molar-refractivity contribution in [3.63, 3.8) is 0 Å². The summed E-state index contributed by atoms with van der Waals surface area (Å²) in [6.07, 6.45) is 3.33. The number of nitrogens with one attached hydrogen (secondary N) is 1. The van der Waals surface area contributed by atoms with Gasteiger partial charge in [-0.2, -0.15) is 0 Å². The van der Waals surface area contributed by atoms with Crippen molar-refractivity contribution >= 4 is 11.7 Å². The Morgan fingerprint density at radius 1 is 1.35 bits per heavy atom. The number of amides is 1. The van der Waals surface area contributed by atoms with Crippen LogP contribution in [0.1, 0.15) is 23.0 Å². The number of halogens is 1. The minimum atomic E-state index is -0.334. The first-order chi connectivity index (χ1) is 9.54. The van der Waals surface area contributed by atoms with Gasteiger partial charge in [0.2, 0.25) is 0 Å². The fourth-order valence-electron chi connectivity index (χ4n) is 1.81. The third kappa shape index (κ3) is 3.74. The van der Waals surface area contributed by atoms with Crippen LogP contribution in [0.2, 0.25) is 0 Å². The van der Waals surface area contributed by atoms with Crippen LogP contribution in [0.5, 0.6) is 0 Å². The molecule has 0 radical (unpaired) electrons. The van der Waals surface area contributed by atoms with Gasteiger partial charge in [-0.25, -0.2) is 9.37 Å². The van der Waals surface area contributed by atoms with Crippen molar-refractivity contribution in [3.05, 3.63) is 53.7 Å². The lowest BCUT2D eigenvalue weighted by Gasteiger charge is -2.13. The zero-order valence-corrected chi connectivity index (χ0v) is 11.0. The van der Waals surface area contributed by atoms with E-state index in [4.69, 9.17) is 5.73 Å². The van der Waals surface area contributed by atoms with Gasteiger partial charge in [0.1, 0.15) is 17.3 Å². The molecule has 6 heteroatoms. The van der Waals surface area contributed by atoms with E-state index in [1.165, 1.54) is 24.5 Å². The molecule has 1 aromatic heterocycles. The fourth-order valence-corrected chi connectivity index (χ4v) is 1.81. The van der Waals surface area contributed by atoms with Crippen LogP contribution in [0, 0.1) is 5.82 Å². The maximum atomic E-state index is 12.8. The van der Waals surface area contributed by atoms with Gasteiger partial charge >= 0.3 is 0 Å². The van der Waals surface area contributed by atoms with Crippen LogP contribution in [0.4, 0.5) is 10.2 Å². The predicted molar refractivity (Wildman–Crippen MR) is 73.5 cm³/mol. The number of anilines is 1. The topological polar surface area (TPSA) is 80.9 Å². The SMILES string of the molecule is CC(Cc1ccc(F)cc1)NC(=O)c1cncc(N)n1. The summed E-state index contributed by atoms with van der Waals surface area (Å²) in [5.74, 6) is -0.413. The molecular weight excluding hydrogens is 259 g/mol. The lowest BCUT2D eigenvalue weighted by atomic mass is 10.1. The van der Waals surface area contributed by atoms with E-state index < -0.39 is 0 Å². The zero-order valence-electron chi connectivity index (χ0n) is 11.0. The molecular formula is C14H15FN4O. The largest absolute Gasteiger partial charge is 0.382 e. The molecule has 1 amide bonds. The van der Waals surface area contributed by atoms with Gasteiger partial charge in [0.05, 0.1) is 12.4 Å². The van der Waals surface area contributed by atoms with Crippen LogP contribution in [0.15, 0.2) is 36.7 Å². The summed E-state index contributed by atoms with van der Waals surface area (Å²) in [4.78, 5) is 19.6. The summed E-state index contributed by atoms with van der Waals surface area (Å²) >= 11 is 0. The van der Waals surface area contributed by atoms with Gasteiger partial charge in [-0.1, -0.05) is 12.1 Å². The van der Waals surface area contributed by atoms with Crippen molar-refractivity contribution in [3.8, 4) is 0 Å². The Balaban J connectivity index is 1.95. The lowest BCUT2D eigenvalue weighted by Crippen LogP contribution is -2.34. The molecule has 1 unspecified atom stereocenters. The van der Waals surface area contributed by atoms with E-state index in [-0.39, 0.29) is 29.3 Å². The van der Waals surface area contributed by atoms with E-state index in [9.17, 15) is 9.18 Å². The van der Waals surface area contributed by atoms with Gasteiger partial charge in [-0.15, -0.1) is 0 Å². The molecule has 0 saturated heterocycles. The maximum absolute atomic E-state index is 12.8. The fraction of sp³-hybridized carbons (Fsp3) is 0.214. The van der Waals surface area contributed by atoms with E-state index >= 15 is 0 Å². The minimum Gasteiger partial charge on any atom is -0.382 e. The molecule has 0 fully saturated rings. The average molecular weight is 274 g/mol. The summed E-state index contributed by atoms with van der Waals surface area (Å²) in [6, 6.07) is 6.06. The average Bonchev–Trinajstić information content (AvgIpc) is 2.41. The van der Waals surface area contributed by atoms with Crippen LogP contribution >= 0.6 is 0 Å². The first-order valence-corrected chi connectivity index (χ1v) is 6.17. The van der Waals surface area contributed by atoms with E-state index in [0.717, 1.165) is 5.56 Å². The molecule has 20 heavy (non-hydrogen) atoms. The standard InChI is InChI=1S/C14H15FN4O/c1-9(6-10-2-4-11(15)5-3-10)18-14(20)12-7-17-8-13(16)19-12/h2-5,7-9H,6H2,1H3,(H2,16,19)(H,18,20). The highest BCUT2D eigenvalue weighted by Gasteiger charge is 2.12. The van der Waals surface area contributed by atoms with Gasteiger partial charge in [0.25, 0.3) is 5.91 Å². The summed E-state index contributed by atoms with van der Waals surface area (Å²) in [6.45, 7) is 1.86. The normalized spacial score (nSPS) is 11.9. The molecule has 0 spiro atoms. The Morgan fingerprint density at radius 2 is 2.05 bits per heavy atom. The first-order valence-electron chi connectivity index (χ1n) is 6.17. The molecule has 0 aliphatic carbocycles. The second-order valence-electron chi connectivity index (χ2n) is 4.53. The highest BCUT2D eigenvalue weighted by Crippen LogP contribution is 2.06. The van der Waals surface area contributed by atoms with Crippen molar-refractivity contribution in [1.29, 1.82) is 0 Å². The minimum absolute atomic E-state index is 0.115. The predicted octanol–water partition coefficient (Wildman–Crippen LogP) is 1.56. The van der Waals surface area contributed by atoms with Gasteiger partial charge in [0.15, 0.2) is 0 Å². The van der Waals surface area contributed by atoms with E-state index in [1.54, 1.807) is 12.1 Å². The zero-order chi connectivity index (χ0) is 14.5. The highest BCUT2D eigenvalue weighted by atomic mass is 19.1. The Kier molecular flexibility index (Phi) is 4.24.